The summed E-state index contributed by atoms with van der Waals surface area (Å²) < 4.78 is 7.13. The molecule has 0 spiro atoms. The minimum absolute atomic E-state index is 0.00502. The van der Waals surface area contributed by atoms with Crippen molar-refractivity contribution in [3.8, 4) is 28.8 Å². The van der Waals surface area contributed by atoms with Gasteiger partial charge in [-0.25, -0.2) is 4.68 Å². The number of nitriles is 1. The molecule has 0 bridgehead atoms. The molecule has 0 N–H and O–H groups in total. The summed E-state index contributed by atoms with van der Waals surface area (Å²) in [5.41, 5.74) is 4.81. The highest BCUT2D eigenvalue weighted by Gasteiger charge is 2.35. The van der Waals surface area contributed by atoms with Crippen LogP contribution < -0.4 is 4.74 Å². The number of aromatic nitrogens is 2. The zero-order valence-electron chi connectivity index (χ0n) is 20.9. The molecule has 1 aromatic heterocycles. The normalized spacial score (nSPS) is 15.0. The molecule has 1 aliphatic heterocycles. The highest BCUT2D eigenvalue weighted by Crippen LogP contribution is 2.33. The molecule has 0 saturated carbocycles. The molecule has 7 heteroatoms. The fourth-order valence-electron chi connectivity index (χ4n) is 4.25. The lowest BCUT2D eigenvalue weighted by atomic mass is 9.92. The summed E-state index contributed by atoms with van der Waals surface area (Å²) in [4.78, 5) is 27.5. The summed E-state index contributed by atoms with van der Waals surface area (Å²) in [5, 5.41) is 14.6. The summed E-state index contributed by atoms with van der Waals surface area (Å²) in [6.07, 6.45) is 5.10. The first-order valence-corrected chi connectivity index (χ1v) is 11.9. The first kappa shape index (κ1) is 24.7. The lowest BCUT2D eigenvalue weighted by molar-refractivity contribution is -0.140. The van der Waals surface area contributed by atoms with Crippen molar-refractivity contribution in [1.82, 2.24) is 14.7 Å². The Kier molecular flexibility index (Phi) is 7.16. The second kappa shape index (κ2) is 10.4. The van der Waals surface area contributed by atoms with Crippen molar-refractivity contribution in [2.24, 2.45) is 0 Å². The quantitative estimate of drug-likeness (QED) is 0.340. The largest absolute Gasteiger partial charge is 0.497 e. The number of carbonyl (C=O) groups excluding carboxylic acids is 2. The average molecular weight is 481 g/mol. The van der Waals surface area contributed by atoms with Gasteiger partial charge < -0.3 is 4.74 Å². The van der Waals surface area contributed by atoms with Gasteiger partial charge in [0.05, 0.1) is 12.8 Å². The topological polar surface area (TPSA) is 88.2 Å². The maximum absolute atomic E-state index is 13.4. The van der Waals surface area contributed by atoms with Crippen molar-refractivity contribution in [2.75, 3.05) is 13.7 Å². The zero-order chi connectivity index (χ0) is 25.8. The van der Waals surface area contributed by atoms with E-state index in [4.69, 9.17) is 9.84 Å². The number of unbranched alkanes of at least 4 members (excludes halogenated alkanes) is 1. The number of amides is 2. The van der Waals surface area contributed by atoms with Crippen molar-refractivity contribution in [2.45, 2.75) is 33.6 Å². The number of carbonyl (C=O) groups is 2. The Bertz CT molecular complexity index is 1420. The minimum Gasteiger partial charge on any atom is -0.497 e. The SMILES string of the molecule is CCCCN1C(=O)C(C#N)=C(C)/C(=C\c2cn(-c3ccccc3)nc2-c2ccc(OC)cc2C)C1=O. The van der Waals surface area contributed by atoms with Gasteiger partial charge in [-0.1, -0.05) is 31.5 Å². The van der Waals surface area contributed by atoms with Gasteiger partial charge in [-0.3, -0.25) is 14.5 Å². The summed E-state index contributed by atoms with van der Waals surface area (Å²) in [6, 6.07) is 17.4. The molecule has 2 heterocycles. The number of imide groups is 1. The molecule has 4 rings (SSSR count). The van der Waals surface area contributed by atoms with E-state index in [1.807, 2.05) is 74.6 Å². The van der Waals surface area contributed by atoms with Crippen LogP contribution in [0.4, 0.5) is 0 Å². The maximum atomic E-state index is 13.4. The highest BCUT2D eigenvalue weighted by atomic mass is 16.5. The van der Waals surface area contributed by atoms with E-state index in [9.17, 15) is 14.9 Å². The van der Waals surface area contributed by atoms with Crippen molar-refractivity contribution in [3.05, 3.63) is 82.6 Å². The van der Waals surface area contributed by atoms with Crippen LogP contribution in [0.15, 0.2) is 71.4 Å². The van der Waals surface area contributed by atoms with Gasteiger partial charge >= 0.3 is 0 Å². The van der Waals surface area contributed by atoms with Crippen molar-refractivity contribution in [3.63, 3.8) is 0 Å². The molecule has 0 atom stereocenters. The smallest absolute Gasteiger partial charge is 0.271 e. The molecule has 0 unspecified atom stereocenters. The standard InChI is InChI=1S/C29H28N4O3/c1-5-6-14-32-28(34)25(20(3)26(17-30)29(32)35)16-21-18-33(22-10-8-7-9-11-22)31-27(21)24-13-12-23(36-4)15-19(24)2/h7-13,15-16,18H,5-6,14H2,1-4H3/b25-16+. The molecule has 182 valence electrons. The molecule has 0 fully saturated rings. The molecule has 2 aromatic carbocycles. The van der Waals surface area contributed by atoms with Gasteiger partial charge in [0.2, 0.25) is 0 Å². The summed E-state index contributed by atoms with van der Waals surface area (Å²) in [6.45, 7) is 5.89. The molecule has 36 heavy (non-hydrogen) atoms. The minimum atomic E-state index is -0.531. The van der Waals surface area contributed by atoms with Crippen LogP contribution in [0.2, 0.25) is 0 Å². The van der Waals surface area contributed by atoms with Gasteiger partial charge in [-0.15, -0.1) is 0 Å². The number of ether oxygens (including phenoxy) is 1. The molecule has 0 saturated heterocycles. The van der Waals surface area contributed by atoms with Crippen LogP contribution in [0.25, 0.3) is 23.0 Å². The van der Waals surface area contributed by atoms with Gasteiger partial charge in [0.1, 0.15) is 23.1 Å². The number of methoxy groups -OCH3 is 1. The third-order valence-electron chi connectivity index (χ3n) is 6.31. The van der Waals surface area contributed by atoms with E-state index >= 15 is 0 Å². The van der Waals surface area contributed by atoms with Gasteiger partial charge in [0.15, 0.2) is 0 Å². The predicted octanol–water partition coefficient (Wildman–Crippen LogP) is 5.25. The van der Waals surface area contributed by atoms with E-state index in [0.717, 1.165) is 29.0 Å². The number of hydrogen-bond acceptors (Lipinski definition) is 5. The first-order valence-electron chi connectivity index (χ1n) is 11.9. The second-order valence-electron chi connectivity index (χ2n) is 8.68. The van der Waals surface area contributed by atoms with Gasteiger partial charge in [0.25, 0.3) is 11.8 Å². The molecule has 0 radical (unpaired) electrons. The van der Waals surface area contributed by atoms with E-state index in [0.29, 0.717) is 28.8 Å². The number of rotatable bonds is 7. The Hall–Kier alpha value is -4.44. The number of benzene rings is 2. The summed E-state index contributed by atoms with van der Waals surface area (Å²) in [5.74, 6) is -0.185. The highest BCUT2D eigenvalue weighted by molar-refractivity contribution is 6.19. The van der Waals surface area contributed by atoms with E-state index in [1.54, 1.807) is 24.8 Å². The fraction of sp³-hybridized carbons (Fsp3) is 0.241. The molecule has 0 aliphatic carbocycles. The molecule has 1 aliphatic rings. The zero-order valence-corrected chi connectivity index (χ0v) is 20.9. The second-order valence-corrected chi connectivity index (χ2v) is 8.68. The molecule has 2 amide bonds. The lowest BCUT2D eigenvalue weighted by Gasteiger charge is -2.27. The third kappa shape index (κ3) is 4.58. The van der Waals surface area contributed by atoms with E-state index in [-0.39, 0.29) is 12.1 Å². The van der Waals surface area contributed by atoms with Gasteiger partial charge in [0, 0.05) is 29.4 Å². The van der Waals surface area contributed by atoms with Crippen LogP contribution in [-0.2, 0) is 9.59 Å². The lowest BCUT2D eigenvalue weighted by Crippen LogP contribution is -2.43. The summed E-state index contributed by atoms with van der Waals surface area (Å²) in [7, 11) is 1.62. The van der Waals surface area contributed by atoms with Crippen LogP contribution in [0.1, 0.15) is 37.8 Å². The van der Waals surface area contributed by atoms with Crippen LogP contribution in [0.5, 0.6) is 5.75 Å². The first-order chi connectivity index (χ1) is 17.4. The Balaban J connectivity index is 1.92. The number of para-hydroxylation sites is 1. The van der Waals surface area contributed by atoms with Gasteiger partial charge in [-0.05, 0) is 67.8 Å². The maximum Gasteiger partial charge on any atom is 0.271 e. The monoisotopic (exact) mass is 480 g/mol. The van der Waals surface area contributed by atoms with Crippen LogP contribution in [0.3, 0.4) is 0 Å². The molecule has 3 aromatic rings. The third-order valence-corrected chi connectivity index (χ3v) is 6.31. The van der Waals surface area contributed by atoms with Crippen LogP contribution >= 0.6 is 0 Å². The number of hydrogen-bond donors (Lipinski definition) is 0. The Labute approximate surface area is 210 Å². The molecular weight excluding hydrogens is 452 g/mol. The number of aryl methyl sites for hydroxylation is 1. The number of nitrogens with zero attached hydrogens (tertiary/aromatic N) is 4. The van der Waals surface area contributed by atoms with Crippen molar-refractivity contribution < 1.29 is 14.3 Å². The Morgan fingerprint density at radius 1 is 1.08 bits per heavy atom. The van der Waals surface area contributed by atoms with Crippen molar-refractivity contribution in [1.29, 1.82) is 5.26 Å². The summed E-state index contributed by atoms with van der Waals surface area (Å²) >= 11 is 0. The Morgan fingerprint density at radius 3 is 2.47 bits per heavy atom. The van der Waals surface area contributed by atoms with Gasteiger partial charge in [-0.2, -0.15) is 10.4 Å². The Morgan fingerprint density at radius 2 is 1.83 bits per heavy atom. The van der Waals surface area contributed by atoms with E-state index < -0.39 is 11.8 Å². The predicted molar refractivity (Wildman–Crippen MR) is 138 cm³/mol. The van der Waals surface area contributed by atoms with E-state index in [1.165, 1.54) is 4.90 Å². The molecule has 7 nitrogen and oxygen atoms in total. The van der Waals surface area contributed by atoms with Crippen molar-refractivity contribution >= 4 is 17.9 Å². The van der Waals surface area contributed by atoms with E-state index in [2.05, 4.69) is 0 Å². The van der Waals surface area contributed by atoms with Crippen LogP contribution in [-0.4, -0.2) is 40.1 Å². The van der Waals surface area contributed by atoms with Crippen LogP contribution in [0, 0.1) is 18.3 Å². The molecular formula is C29H28N4O3. The average Bonchev–Trinajstić information content (AvgIpc) is 3.31. The fourth-order valence-corrected chi connectivity index (χ4v) is 4.25.